The molecule has 2 nitrogen and oxygen atoms in total. The zero-order valence-electron chi connectivity index (χ0n) is 6.60. The number of rotatable bonds is 3. The van der Waals surface area contributed by atoms with Gasteiger partial charge < -0.3 is 5.73 Å². The number of ether oxygens (including phenoxy) is 1. The summed E-state index contributed by atoms with van der Waals surface area (Å²) in [6.45, 7) is 0.545. The van der Waals surface area contributed by atoms with Crippen LogP contribution in [0.15, 0.2) is 0 Å². The highest BCUT2D eigenvalue weighted by molar-refractivity contribution is 4.80. The Hall–Kier alpha value is -0.290. The molecule has 0 bridgehead atoms. The van der Waals surface area contributed by atoms with Crippen LogP contribution in [0, 0.1) is 5.92 Å². The molecule has 5 heteroatoms. The van der Waals surface area contributed by atoms with E-state index in [2.05, 4.69) is 4.74 Å². The first-order valence-electron chi connectivity index (χ1n) is 3.96. The van der Waals surface area contributed by atoms with Crippen molar-refractivity contribution in [1.29, 1.82) is 0 Å². The van der Waals surface area contributed by atoms with Gasteiger partial charge in [0.15, 0.2) is 0 Å². The van der Waals surface area contributed by atoms with Gasteiger partial charge in [-0.2, -0.15) is 0 Å². The lowest BCUT2D eigenvalue weighted by atomic mass is 9.80. The quantitative estimate of drug-likeness (QED) is 0.722. The third-order valence-electron chi connectivity index (χ3n) is 2.07. The molecule has 12 heavy (non-hydrogen) atoms. The third kappa shape index (κ3) is 2.98. The average Bonchev–Trinajstić information content (AvgIpc) is 1.80. The first-order chi connectivity index (χ1) is 5.51. The van der Waals surface area contributed by atoms with Crippen molar-refractivity contribution in [2.45, 2.75) is 31.7 Å². The summed E-state index contributed by atoms with van der Waals surface area (Å²) in [4.78, 5) is 0. The van der Waals surface area contributed by atoms with Gasteiger partial charge in [0.05, 0.1) is 6.10 Å². The molecule has 0 heterocycles. The maximum absolute atomic E-state index is 11.6. The van der Waals surface area contributed by atoms with E-state index in [4.69, 9.17) is 5.73 Å². The van der Waals surface area contributed by atoms with Gasteiger partial charge >= 0.3 is 6.36 Å². The van der Waals surface area contributed by atoms with Crippen LogP contribution in [-0.2, 0) is 4.74 Å². The van der Waals surface area contributed by atoms with Crippen molar-refractivity contribution >= 4 is 0 Å². The molecule has 0 aromatic rings. The number of hydrogen-bond donors (Lipinski definition) is 1. The highest BCUT2D eigenvalue weighted by Crippen LogP contribution is 2.36. The largest absolute Gasteiger partial charge is 0.522 e. The average molecular weight is 183 g/mol. The first-order valence-corrected chi connectivity index (χ1v) is 3.96. The van der Waals surface area contributed by atoms with E-state index in [1.54, 1.807) is 0 Å². The maximum atomic E-state index is 11.6. The van der Waals surface area contributed by atoms with E-state index in [1.165, 1.54) is 0 Å². The molecular formula is C7H12F3NO. The number of hydrogen-bond acceptors (Lipinski definition) is 2. The fourth-order valence-corrected chi connectivity index (χ4v) is 1.43. The van der Waals surface area contributed by atoms with Gasteiger partial charge in [-0.15, -0.1) is 13.2 Å². The highest BCUT2D eigenvalue weighted by atomic mass is 19.4. The van der Waals surface area contributed by atoms with Crippen LogP contribution in [0.3, 0.4) is 0 Å². The molecule has 72 valence electrons. The summed E-state index contributed by atoms with van der Waals surface area (Å²) < 4.78 is 38.6. The van der Waals surface area contributed by atoms with Crippen molar-refractivity contribution in [3.05, 3.63) is 0 Å². The van der Waals surface area contributed by atoms with Gasteiger partial charge in [0.25, 0.3) is 0 Å². The SMILES string of the molecule is NCC[C@H]1C[C@@H](OC(F)(F)F)C1. The molecule has 0 aliphatic heterocycles. The van der Waals surface area contributed by atoms with Gasteiger partial charge in [0, 0.05) is 0 Å². The molecule has 0 spiro atoms. The first kappa shape index (κ1) is 9.80. The zero-order valence-corrected chi connectivity index (χ0v) is 6.60. The molecule has 0 amide bonds. The Labute approximate surface area is 68.9 Å². The summed E-state index contributed by atoms with van der Waals surface area (Å²) >= 11 is 0. The number of halogens is 3. The normalized spacial score (nSPS) is 30.0. The van der Waals surface area contributed by atoms with Crippen LogP contribution in [0.5, 0.6) is 0 Å². The molecule has 0 unspecified atom stereocenters. The molecule has 1 aliphatic rings. The molecule has 2 N–H and O–H groups in total. The van der Waals surface area contributed by atoms with Crippen LogP contribution < -0.4 is 5.73 Å². The summed E-state index contributed by atoms with van der Waals surface area (Å²) in [6.07, 6.45) is -3.30. The Bertz CT molecular complexity index is 142. The summed E-state index contributed by atoms with van der Waals surface area (Å²) in [5.74, 6) is 0.336. The third-order valence-corrected chi connectivity index (χ3v) is 2.07. The minimum Gasteiger partial charge on any atom is -0.330 e. The zero-order chi connectivity index (χ0) is 9.19. The Morgan fingerprint density at radius 1 is 1.33 bits per heavy atom. The molecule has 0 aromatic heterocycles. The van der Waals surface area contributed by atoms with Crippen molar-refractivity contribution in [2.24, 2.45) is 11.7 Å². The van der Waals surface area contributed by atoms with E-state index in [9.17, 15) is 13.2 Å². The molecule has 0 saturated heterocycles. The van der Waals surface area contributed by atoms with Gasteiger partial charge in [-0.25, -0.2) is 0 Å². The molecule has 1 aliphatic carbocycles. The minimum absolute atomic E-state index is 0.336. The van der Waals surface area contributed by atoms with Crippen molar-refractivity contribution in [1.82, 2.24) is 0 Å². The second-order valence-corrected chi connectivity index (χ2v) is 3.10. The van der Waals surface area contributed by atoms with E-state index in [-0.39, 0.29) is 0 Å². The molecule has 0 atom stereocenters. The van der Waals surface area contributed by atoms with Crippen molar-refractivity contribution in [3.8, 4) is 0 Å². The smallest absolute Gasteiger partial charge is 0.330 e. The van der Waals surface area contributed by atoms with E-state index in [0.29, 0.717) is 25.3 Å². The van der Waals surface area contributed by atoms with E-state index >= 15 is 0 Å². The van der Waals surface area contributed by atoms with Crippen molar-refractivity contribution in [3.63, 3.8) is 0 Å². The number of alkyl halides is 3. The predicted octanol–water partition coefficient (Wildman–Crippen LogP) is 1.65. The lowest BCUT2D eigenvalue weighted by molar-refractivity contribution is -0.354. The fraction of sp³-hybridized carbons (Fsp3) is 1.00. The minimum atomic E-state index is -4.47. The summed E-state index contributed by atoms with van der Waals surface area (Å²) in [5.41, 5.74) is 5.25. The molecular weight excluding hydrogens is 171 g/mol. The van der Waals surface area contributed by atoms with Crippen molar-refractivity contribution < 1.29 is 17.9 Å². The fourth-order valence-electron chi connectivity index (χ4n) is 1.43. The summed E-state index contributed by atoms with van der Waals surface area (Å²) in [5, 5.41) is 0. The van der Waals surface area contributed by atoms with Gasteiger partial charge in [0.2, 0.25) is 0 Å². The Morgan fingerprint density at radius 2 is 1.92 bits per heavy atom. The van der Waals surface area contributed by atoms with Gasteiger partial charge in [-0.1, -0.05) is 0 Å². The maximum Gasteiger partial charge on any atom is 0.522 e. The van der Waals surface area contributed by atoms with Gasteiger partial charge in [-0.3, -0.25) is 4.74 Å². The topological polar surface area (TPSA) is 35.2 Å². The number of nitrogens with two attached hydrogens (primary N) is 1. The van der Waals surface area contributed by atoms with E-state index in [1.807, 2.05) is 0 Å². The molecule has 1 fully saturated rings. The van der Waals surface area contributed by atoms with Crippen LogP contribution >= 0.6 is 0 Å². The lowest BCUT2D eigenvalue weighted by Crippen LogP contribution is -2.36. The second-order valence-electron chi connectivity index (χ2n) is 3.10. The Morgan fingerprint density at radius 3 is 2.33 bits per heavy atom. The van der Waals surface area contributed by atoms with Gasteiger partial charge in [0.1, 0.15) is 0 Å². The van der Waals surface area contributed by atoms with Crippen LogP contribution in [0.25, 0.3) is 0 Å². The van der Waals surface area contributed by atoms with E-state index in [0.717, 1.165) is 6.42 Å². The lowest BCUT2D eigenvalue weighted by Gasteiger charge is -2.35. The van der Waals surface area contributed by atoms with E-state index < -0.39 is 12.5 Å². The second kappa shape index (κ2) is 3.62. The van der Waals surface area contributed by atoms with Gasteiger partial charge in [-0.05, 0) is 31.7 Å². The summed E-state index contributed by atoms with van der Waals surface area (Å²) in [6, 6.07) is 0. The van der Waals surface area contributed by atoms with Crippen LogP contribution in [-0.4, -0.2) is 19.0 Å². The van der Waals surface area contributed by atoms with Crippen LogP contribution in [0.1, 0.15) is 19.3 Å². The van der Waals surface area contributed by atoms with Crippen LogP contribution in [0.4, 0.5) is 13.2 Å². The predicted molar refractivity (Wildman–Crippen MR) is 37.3 cm³/mol. The molecule has 0 radical (unpaired) electrons. The standard InChI is InChI=1S/C7H12F3NO/c8-7(9,10)12-6-3-5(4-6)1-2-11/h5-6H,1-4,11H2/t5-,6+. The molecule has 1 saturated carbocycles. The van der Waals surface area contributed by atoms with Crippen molar-refractivity contribution in [2.75, 3.05) is 6.54 Å². The van der Waals surface area contributed by atoms with Crippen LogP contribution in [0.2, 0.25) is 0 Å². The highest BCUT2D eigenvalue weighted by Gasteiger charge is 2.39. The molecule has 0 aromatic carbocycles. The Kier molecular flexibility index (Phi) is 2.95. The Balaban J connectivity index is 2.10. The molecule has 1 rings (SSSR count). The monoisotopic (exact) mass is 183 g/mol. The summed E-state index contributed by atoms with van der Waals surface area (Å²) in [7, 11) is 0.